The molecule has 1 aliphatic carbocycles. The second-order valence-corrected chi connectivity index (χ2v) is 8.61. The Balaban J connectivity index is 1.85. The SMILES string of the molecule is CC(Nc1ccc(S(=O)(=O)NC2CCCC2)cc1C(=O)O)c1ccccc1. The number of hydrogen-bond acceptors (Lipinski definition) is 4. The van der Waals surface area contributed by atoms with Crippen molar-refractivity contribution in [3.63, 3.8) is 0 Å². The molecule has 27 heavy (non-hydrogen) atoms. The number of carboxylic acids is 1. The summed E-state index contributed by atoms with van der Waals surface area (Å²) in [6.45, 7) is 1.92. The molecule has 3 rings (SSSR count). The predicted molar refractivity (Wildman–Crippen MR) is 104 cm³/mol. The molecule has 0 aromatic heterocycles. The monoisotopic (exact) mass is 388 g/mol. The quantitative estimate of drug-likeness (QED) is 0.671. The molecule has 2 aromatic carbocycles. The Morgan fingerprint density at radius 1 is 1.11 bits per heavy atom. The molecule has 3 N–H and O–H groups in total. The molecule has 6 nitrogen and oxygen atoms in total. The van der Waals surface area contributed by atoms with Crippen molar-refractivity contribution in [1.82, 2.24) is 4.72 Å². The van der Waals surface area contributed by atoms with Gasteiger partial charge in [-0.3, -0.25) is 0 Å². The van der Waals surface area contributed by atoms with Crippen molar-refractivity contribution in [3.05, 3.63) is 59.7 Å². The molecule has 0 saturated heterocycles. The molecule has 0 heterocycles. The Bertz CT molecular complexity index is 907. The fourth-order valence-electron chi connectivity index (χ4n) is 3.38. The minimum atomic E-state index is -3.74. The lowest BCUT2D eigenvalue weighted by atomic mass is 10.1. The van der Waals surface area contributed by atoms with E-state index < -0.39 is 16.0 Å². The predicted octanol–water partition coefficient (Wildman–Crippen LogP) is 3.78. The standard InChI is InChI=1S/C20H24N2O4S/c1-14(15-7-3-2-4-8-15)21-19-12-11-17(13-18(19)20(23)24)27(25,26)22-16-9-5-6-10-16/h2-4,7-8,11-14,16,21-22H,5-6,9-10H2,1H3,(H,23,24). The zero-order valence-corrected chi connectivity index (χ0v) is 16.0. The summed E-state index contributed by atoms with van der Waals surface area (Å²) >= 11 is 0. The van der Waals surface area contributed by atoms with Crippen LogP contribution in [0.1, 0.15) is 54.6 Å². The highest BCUT2D eigenvalue weighted by Crippen LogP contribution is 2.26. The normalized spacial score (nSPS) is 16.2. The van der Waals surface area contributed by atoms with Crippen LogP contribution in [-0.4, -0.2) is 25.5 Å². The fraction of sp³-hybridized carbons (Fsp3) is 0.350. The zero-order chi connectivity index (χ0) is 19.4. The van der Waals surface area contributed by atoms with Crippen LogP contribution >= 0.6 is 0 Å². The van der Waals surface area contributed by atoms with Crippen LogP contribution < -0.4 is 10.0 Å². The molecular formula is C20H24N2O4S. The van der Waals surface area contributed by atoms with Gasteiger partial charge in [0.1, 0.15) is 0 Å². The van der Waals surface area contributed by atoms with Crippen LogP contribution in [0, 0.1) is 0 Å². The molecule has 0 bridgehead atoms. The van der Waals surface area contributed by atoms with Gasteiger partial charge in [-0.05, 0) is 43.5 Å². The average Bonchev–Trinajstić information content (AvgIpc) is 3.14. The van der Waals surface area contributed by atoms with Crippen LogP contribution in [0.5, 0.6) is 0 Å². The molecule has 144 valence electrons. The van der Waals surface area contributed by atoms with Crippen molar-refractivity contribution in [2.24, 2.45) is 0 Å². The molecule has 0 amide bonds. The molecule has 1 saturated carbocycles. The summed E-state index contributed by atoms with van der Waals surface area (Å²) < 4.78 is 27.9. The van der Waals surface area contributed by atoms with Gasteiger partial charge in [0, 0.05) is 17.8 Å². The van der Waals surface area contributed by atoms with Crippen LogP contribution in [0.2, 0.25) is 0 Å². The minimum Gasteiger partial charge on any atom is -0.478 e. The maximum atomic E-state index is 12.6. The van der Waals surface area contributed by atoms with E-state index in [2.05, 4.69) is 10.0 Å². The Kier molecular flexibility index (Phi) is 5.82. The second-order valence-electron chi connectivity index (χ2n) is 6.89. The van der Waals surface area contributed by atoms with Crippen molar-refractivity contribution in [3.8, 4) is 0 Å². The highest BCUT2D eigenvalue weighted by atomic mass is 32.2. The van der Waals surface area contributed by atoms with Gasteiger partial charge < -0.3 is 10.4 Å². The van der Waals surface area contributed by atoms with E-state index in [0.717, 1.165) is 31.2 Å². The highest BCUT2D eigenvalue weighted by molar-refractivity contribution is 7.89. The van der Waals surface area contributed by atoms with Crippen molar-refractivity contribution >= 4 is 21.7 Å². The van der Waals surface area contributed by atoms with Gasteiger partial charge in [0.2, 0.25) is 10.0 Å². The summed E-state index contributed by atoms with van der Waals surface area (Å²) in [7, 11) is -3.74. The molecule has 1 unspecified atom stereocenters. The summed E-state index contributed by atoms with van der Waals surface area (Å²) in [5.74, 6) is -1.17. The number of carboxylic acid groups (broad SMARTS) is 1. The summed E-state index contributed by atoms with van der Waals surface area (Å²) in [5, 5.41) is 12.7. The summed E-state index contributed by atoms with van der Waals surface area (Å²) in [4.78, 5) is 11.7. The number of carbonyl (C=O) groups is 1. The van der Waals surface area contributed by atoms with Crippen molar-refractivity contribution in [1.29, 1.82) is 0 Å². The van der Waals surface area contributed by atoms with E-state index >= 15 is 0 Å². The highest BCUT2D eigenvalue weighted by Gasteiger charge is 2.24. The van der Waals surface area contributed by atoms with E-state index in [1.54, 1.807) is 0 Å². The topological polar surface area (TPSA) is 95.5 Å². The maximum Gasteiger partial charge on any atom is 0.337 e. The van der Waals surface area contributed by atoms with Crippen molar-refractivity contribution < 1.29 is 18.3 Å². The first-order chi connectivity index (χ1) is 12.9. The number of rotatable bonds is 7. The molecule has 2 aromatic rings. The molecule has 1 atom stereocenters. The Labute approximate surface area is 159 Å². The van der Waals surface area contributed by atoms with E-state index in [1.165, 1.54) is 18.2 Å². The first-order valence-corrected chi connectivity index (χ1v) is 10.6. The second kappa shape index (κ2) is 8.10. The molecular weight excluding hydrogens is 364 g/mol. The Morgan fingerprint density at radius 3 is 2.41 bits per heavy atom. The Morgan fingerprint density at radius 2 is 1.78 bits per heavy atom. The number of hydrogen-bond donors (Lipinski definition) is 3. The van der Waals surface area contributed by atoms with Gasteiger partial charge >= 0.3 is 5.97 Å². The molecule has 1 aliphatic rings. The fourth-order valence-corrected chi connectivity index (χ4v) is 4.71. The summed E-state index contributed by atoms with van der Waals surface area (Å²) in [6, 6.07) is 13.6. The van der Waals surface area contributed by atoms with Crippen LogP contribution in [0.15, 0.2) is 53.4 Å². The third kappa shape index (κ3) is 4.67. The number of nitrogens with one attached hydrogen (secondary N) is 2. The third-order valence-corrected chi connectivity index (χ3v) is 6.40. The van der Waals surface area contributed by atoms with E-state index in [9.17, 15) is 18.3 Å². The molecule has 7 heteroatoms. The molecule has 1 fully saturated rings. The number of sulfonamides is 1. The number of aromatic carboxylic acids is 1. The van der Waals surface area contributed by atoms with E-state index in [4.69, 9.17) is 0 Å². The average molecular weight is 388 g/mol. The molecule has 0 aliphatic heterocycles. The van der Waals surface area contributed by atoms with Crippen molar-refractivity contribution in [2.45, 2.75) is 49.6 Å². The first kappa shape index (κ1) is 19.4. The van der Waals surface area contributed by atoms with Crippen LogP contribution in [0.25, 0.3) is 0 Å². The van der Waals surface area contributed by atoms with Crippen LogP contribution in [-0.2, 0) is 10.0 Å². The molecule has 0 spiro atoms. The summed E-state index contributed by atoms with van der Waals surface area (Å²) in [6.07, 6.45) is 3.65. The van der Waals surface area contributed by atoms with Gasteiger partial charge in [-0.1, -0.05) is 43.2 Å². The lowest BCUT2D eigenvalue weighted by molar-refractivity contribution is 0.0697. The minimum absolute atomic E-state index is 0.0234. The van der Waals surface area contributed by atoms with Gasteiger partial charge in [-0.25, -0.2) is 17.9 Å². The largest absolute Gasteiger partial charge is 0.478 e. The van der Waals surface area contributed by atoms with Gasteiger partial charge in [0.25, 0.3) is 0 Å². The molecule has 0 radical (unpaired) electrons. The lowest BCUT2D eigenvalue weighted by Gasteiger charge is -2.18. The van der Waals surface area contributed by atoms with E-state index in [-0.39, 0.29) is 22.5 Å². The smallest absolute Gasteiger partial charge is 0.337 e. The lowest BCUT2D eigenvalue weighted by Crippen LogP contribution is -2.32. The van der Waals surface area contributed by atoms with Gasteiger partial charge in [-0.15, -0.1) is 0 Å². The van der Waals surface area contributed by atoms with Crippen LogP contribution in [0.3, 0.4) is 0 Å². The maximum absolute atomic E-state index is 12.6. The van der Waals surface area contributed by atoms with Gasteiger partial charge in [0.05, 0.1) is 10.5 Å². The van der Waals surface area contributed by atoms with Gasteiger partial charge in [-0.2, -0.15) is 0 Å². The summed E-state index contributed by atoms with van der Waals surface area (Å²) in [5.41, 5.74) is 1.33. The Hall–Kier alpha value is -2.38. The first-order valence-electron chi connectivity index (χ1n) is 9.08. The van der Waals surface area contributed by atoms with Crippen molar-refractivity contribution in [2.75, 3.05) is 5.32 Å². The van der Waals surface area contributed by atoms with E-state index in [1.807, 2.05) is 37.3 Å². The third-order valence-electron chi connectivity index (χ3n) is 4.88. The van der Waals surface area contributed by atoms with Crippen LogP contribution in [0.4, 0.5) is 5.69 Å². The zero-order valence-electron chi connectivity index (χ0n) is 15.2. The van der Waals surface area contributed by atoms with E-state index in [0.29, 0.717) is 5.69 Å². The van der Waals surface area contributed by atoms with Gasteiger partial charge in [0.15, 0.2) is 0 Å². The number of anilines is 1. The number of benzene rings is 2.